The Kier molecular flexibility index (Phi) is 16.3. The lowest BCUT2D eigenvalue weighted by atomic mass is 9.89. The first-order valence-electron chi connectivity index (χ1n) is 10.0. The Hall–Kier alpha value is -0.0400. The van der Waals surface area contributed by atoms with Gasteiger partial charge in [0.1, 0.15) is 0 Å². The van der Waals surface area contributed by atoms with Crippen molar-refractivity contribution >= 4 is 0 Å². The van der Waals surface area contributed by atoms with Crippen LogP contribution in [0, 0.1) is 5.92 Å². The molecule has 0 amide bonds. The van der Waals surface area contributed by atoms with Gasteiger partial charge in [-0.05, 0) is 18.8 Å². The van der Waals surface area contributed by atoms with Crippen molar-refractivity contribution in [3.05, 3.63) is 0 Å². The minimum atomic E-state index is 0.447. The van der Waals surface area contributed by atoms with Gasteiger partial charge in [0.05, 0.1) is 0 Å². The second kappa shape index (κ2) is 16.3. The molecular formula is C20H43N. The third-order valence-electron chi connectivity index (χ3n) is 4.93. The Morgan fingerprint density at radius 3 is 1.48 bits per heavy atom. The lowest BCUT2D eigenvalue weighted by Gasteiger charge is -2.22. The maximum absolute atomic E-state index is 6.27. The Balaban J connectivity index is 3.30. The minimum absolute atomic E-state index is 0.447. The summed E-state index contributed by atoms with van der Waals surface area (Å²) in [6, 6.07) is 0.447. The topological polar surface area (TPSA) is 26.0 Å². The largest absolute Gasteiger partial charge is 0.327 e. The van der Waals surface area contributed by atoms with Crippen LogP contribution in [0.5, 0.6) is 0 Å². The Morgan fingerprint density at radius 1 is 0.571 bits per heavy atom. The fraction of sp³-hybridized carbons (Fsp3) is 1.00. The average Bonchev–Trinajstić information content (AvgIpc) is 2.48. The van der Waals surface area contributed by atoms with Gasteiger partial charge in [-0.1, -0.05) is 104 Å². The summed E-state index contributed by atoms with van der Waals surface area (Å²) in [4.78, 5) is 0. The van der Waals surface area contributed by atoms with Gasteiger partial charge in [-0.25, -0.2) is 0 Å². The second-order valence-corrected chi connectivity index (χ2v) is 6.95. The van der Waals surface area contributed by atoms with E-state index in [0.717, 1.165) is 5.92 Å². The van der Waals surface area contributed by atoms with Gasteiger partial charge in [-0.3, -0.25) is 0 Å². The molecule has 1 nitrogen and oxygen atoms in total. The summed E-state index contributed by atoms with van der Waals surface area (Å²) in [6.07, 6.45) is 20.8. The molecule has 0 aliphatic rings. The fourth-order valence-corrected chi connectivity index (χ4v) is 3.36. The summed E-state index contributed by atoms with van der Waals surface area (Å²) in [5.74, 6) is 0.767. The molecule has 0 aromatic heterocycles. The van der Waals surface area contributed by atoms with Crippen molar-refractivity contribution < 1.29 is 0 Å². The van der Waals surface area contributed by atoms with E-state index >= 15 is 0 Å². The maximum Gasteiger partial charge on any atom is 0.00669 e. The molecule has 2 N–H and O–H groups in total. The number of rotatable bonds is 16. The summed E-state index contributed by atoms with van der Waals surface area (Å²) < 4.78 is 0. The lowest BCUT2D eigenvalue weighted by molar-refractivity contribution is 0.349. The van der Waals surface area contributed by atoms with Crippen LogP contribution in [0.3, 0.4) is 0 Å². The molecule has 1 heteroatoms. The van der Waals surface area contributed by atoms with Crippen LogP contribution in [0.2, 0.25) is 0 Å². The highest BCUT2D eigenvalue weighted by molar-refractivity contribution is 4.71. The Labute approximate surface area is 135 Å². The number of hydrogen-bond acceptors (Lipinski definition) is 1. The van der Waals surface area contributed by atoms with E-state index in [2.05, 4.69) is 20.8 Å². The lowest BCUT2D eigenvalue weighted by Crippen LogP contribution is -2.29. The Bertz CT molecular complexity index is 190. The molecule has 0 heterocycles. The molecule has 0 aromatic rings. The minimum Gasteiger partial charge on any atom is -0.327 e. The van der Waals surface area contributed by atoms with E-state index in [0.29, 0.717) is 6.04 Å². The molecule has 0 fully saturated rings. The maximum atomic E-state index is 6.27. The van der Waals surface area contributed by atoms with Gasteiger partial charge < -0.3 is 5.73 Å². The predicted molar refractivity (Wildman–Crippen MR) is 97.7 cm³/mol. The van der Waals surface area contributed by atoms with Crippen LogP contribution in [-0.4, -0.2) is 6.04 Å². The van der Waals surface area contributed by atoms with Crippen LogP contribution >= 0.6 is 0 Å². The summed E-state index contributed by atoms with van der Waals surface area (Å²) in [5, 5.41) is 0. The van der Waals surface area contributed by atoms with E-state index in [-0.39, 0.29) is 0 Å². The molecule has 0 saturated heterocycles. The first kappa shape index (κ1) is 21.0. The molecule has 0 saturated carbocycles. The van der Waals surface area contributed by atoms with E-state index < -0.39 is 0 Å². The van der Waals surface area contributed by atoms with E-state index in [1.165, 1.54) is 96.3 Å². The summed E-state index contributed by atoms with van der Waals surface area (Å²) >= 11 is 0. The summed E-state index contributed by atoms with van der Waals surface area (Å²) in [7, 11) is 0. The monoisotopic (exact) mass is 297 g/mol. The molecule has 0 radical (unpaired) electrons. The molecule has 0 rings (SSSR count). The molecule has 2 atom stereocenters. The SMILES string of the molecule is CCCCCCCCCCCCCC(CC)C(N)CCC. The van der Waals surface area contributed by atoms with Crippen LogP contribution in [-0.2, 0) is 0 Å². The third kappa shape index (κ3) is 13.4. The van der Waals surface area contributed by atoms with Gasteiger partial charge in [-0.15, -0.1) is 0 Å². The number of unbranched alkanes of at least 4 members (excludes halogenated alkanes) is 10. The van der Waals surface area contributed by atoms with E-state index in [4.69, 9.17) is 5.73 Å². The zero-order valence-corrected chi connectivity index (χ0v) is 15.3. The van der Waals surface area contributed by atoms with Crippen LogP contribution < -0.4 is 5.73 Å². The van der Waals surface area contributed by atoms with Crippen LogP contribution in [0.4, 0.5) is 0 Å². The summed E-state index contributed by atoms with van der Waals surface area (Å²) in [6.45, 7) is 6.84. The molecule has 0 aliphatic heterocycles. The van der Waals surface area contributed by atoms with Crippen LogP contribution in [0.15, 0.2) is 0 Å². The first-order valence-corrected chi connectivity index (χ1v) is 10.0. The Morgan fingerprint density at radius 2 is 1.05 bits per heavy atom. The average molecular weight is 298 g/mol. The molecule has 2 unspecified atom stereocenters. The van der Waals surface area contributed by atoms with Crippen LogP contribution in [0.1, 0.15) is 117 Å². The van der Waals surface area contributed by atoms with Crippen LogP contribution in [0.25, 0.3) is 0 Å². The number of hydrogen-bond donors (Lipinski definition) is 1. The van der Waals surface area contributed by atoms with Gasteiger partial charge in [0.25, 0.3) is 0 Å². The molecule has 128 valence electrons. The zero-order chi connectivity index (χ0) is 15.8. The first-order chi connectivity index (χ1) is 10.3. The molecule has 0 bridgehead atoms. The smallest absolute Gasteiger partial charge is 0.00669 e. The van der Waals surface area contributed by atoms with E-state index in [1.807, 2.05) is 0 Å². The van der Waals surface area contributed by atoms with Gasteiger partial charge in [0.2, 0.25) is 0 Å². The standard InChI is InChI=1S/C20H43N/c1-4-7-8-9-10-11-12-13-14-15-16-18-19(6-3)20(21)17-5-2/h19-20H,4-18,21H2,1-3H3. The van der Waals surface area contributed by atoms with Crippen molar-refractivity contribution in [2.24, 2.45) is 11.7 Å². The molecule has 0 spiro atoms. The predicted octanol–water partition coefficient (Wildman–Crippen LogP) is 6.84. The zero-order valence-electron chi connectivity index (χ0n) is 15.3. The fourth-order valence-electron chi connectivity index (χ4n) is 3.36. The van der Waals surface area contributed by atoms with Crippen molar-refractivity contribution in [1.29, 1.82) is 0 Å². The molecule has 0 aliphatic carbocycles. The van der Waals surface area contributed by atoms with Crippen molar-refractivity contribution in [2.75, 3.05) is 0 Å². The normalized spacial score (nSPS) is 14.3. The molecule has 0 aromatic carbocycles. The highest BCUT2D eigenvalue weighted by atomic mass is 14.6. The van der Waals surface area contributed by atoms with Crippen molar-refractivity contribution in [3.8, 4) is 0 Å². The summed E-state index contributed by atoms with van der Waals surface area (Å²) in [5.41, 5.74) is 6.27. The van der Waals surface area contributed by atoms with E-state index in [9.17, 15) is 0 Å². The third-order valence-corrected chi connectivity index (χ3v) is 4.93. The highest BCUT2D eigenvalue weighted by Gasteiger charge is 2.14. The van der Waals surface area contributed by atoms with Crippen molar-refractivity contribution in [3.63, 3.8) is 0 Å². The van der Waals surface area contributed by atoms with Gasteiger partial charge in [-0.2, -0.15) is 0 Å². The van der Waals surface area contributed by atoms with E-state index in [1.54, 1.807) is 0 Å². The quantitative estimate of drug-likeness (QED) is 0.310. The highest BCUT2D eigenvalue weighted by Crippen LogP contribution is 2.20. The number of nitrogens with two attached hydrogens (primary N) is 1. The van der Waals surface area contributed by atoms with Gasteiger partial charge in [0, 0.05) is 6.04 Å². The van der Waals surface area contributed by atoms with Crippen molar-refractivity contribution in [2.45, 2.75) is 123 Å². The van der Waals surface area contributed by atoms with Crippen molar-refractivity contribution in [1.82, 2.24) is 0 Å². The molecule has 21 heavy (non-hydrogen) atoms. The molecular weight excluding hydrogens is 254 g/mol. The van der Waals surface area contributed by atoms with Gasteiger partial charge in [0.15, 0.2) is 0 Å². The second-order valence-electron chi connectivity index (χ2n) is 6.95. The van der Waals surface area contributed by atoms with Gasteiger partial charge >= 0.3 is 0 Å².